The molecule has 3 aromatic rings. The standard InChI is InChI=1S/C23H21N3O/c1-17-7-11-20(12-8-17)23(19-5-3-2-4-6-19)25-16-22(27)26-21-13-9-18(15-24)10-14-21/h2-14,23,25H,16H2,1H3,(H,26,27)/t23-/m0/s1. The van der Waals surface area contributed by atoms with Crippen molar-refractivity contribution in [2.24, 2.45) is 0 Å². The Hall–Kier alpha value is -3.42. The van der Waals surface area contributed by atoms with E-state index in [2.05, 4.69) is 60.0 Å². The number of carbonyl (C=O) groups is 1. The smallest absolute Gasteiger partial charge is 0.238 e. The van der Waals surface area contributed by atoms with Crippen molar-refractivity contribution in [3.63, 3.8) is 0 Å². The van der Waals surface area contributed by atoms with E-state index in [9.17, 15) is 4.79 Å². The summed E-state index contributed by atoms with van der Waals surface area (Å²) in [4.78, 5) is 12.3. The first kappa shape index (κ1) is 18.4. The summed E-state index contributed by atoms with van der Waals surface area (Å²) in [6.07, 6.45) is 0. The van der Waals surface area contributed by atoms with Gasteiger partial charge < -0.3 is 5.32 Å². The number of aryl methyl sites for hydroxylation is 1. The van der Waals surface area contributed by atoms with Gasteiger partial charge in [0.1, 0.15) is 0 Å². The van der Waals surface area contributed by atoms with Crippen molar-refractivity contribution in [2.45, 2.75) is 13.0 Å². The lowest BCUT2D eigenvalue weighted by atomic mass is 9.98. The van der Waals surface area contributed by atoms with E-state index in [1.807, 2.05) is 18.2 Å². The van der Waals surface area contributed by atoms with Crippen LogP contribution in [-0.2, 0) is 4.79 Å². The lowest BCUT2D eigenvalue weighted by molar-refractivity contribution is -0.115. The van der Waals surface area contributed by atoms with Crippen LogP contribution >= 0.6 is 0 Å². The maximum absolute atomic E-state index is 12.3. The van der Waals surface area contributed by atoms with Gasteiger partial charge in [-0.05, 0) is 42.3 Å². The Morgan fingerprint density at radius 2 is 1.56 bits per heavy atom. The normalized spacial score (nSPS) is 11.4. The summed E-state index contributed by atoms with van der Waals surface area (Å²) in [7, 11) is 0. The van der Waals surface area contributed by atoms with E-state index in [-0.39, 0.29) is 18.5 Å². The Balaban J connectivity index is 1.69. The highest BCUT2D eigenvalue weighted by Crippen LogP contribution is 2.22. The molecule has 0 saturated heterocycles. The second kappa shape index (κ2) is 8.79. The first-order valence-electron chi connectivity index (χ1n) is 8.80. The molecule has 1 atom stereocenters. The fourth-order valence-electron chi connectivity index (χ4n) is 2.86. The second-order valence-corrected chi connectivity index (χ2v) is 6.37. The van der Waals surface area contributed by atoms with Crippen LogP contribution in [0.15, 0.2) is 78.9 Å². The molecule has 2 N–H and O–H groups in total. The molecule has 4 nitrogen and oxygen atoms in total. The lowest BCUT2D eigenvalue weighted by Crippen LogP contribution is -2.31. The van der Waals surface area contributed by atoms with Gasteiger partial charge in [-0.1, -0.05) is 60.2 Å². The maximum atomic E-state index is 12.3. The Morgan fingerprint density at radius 3 is 2.19 bits per heavy atom. The molecule has 0 aromatic heterocycles. The van der Waals surface area contributed by atoms with Gasteiger partial charge in [0.2, 0.25) is 5.91 Å². The predicted octanol–water partition coefficient (Wildman–Crippen LogP) is 4.18. The quantitative estimate of drug-likeness (QED) is 0.697. The number of benzene rings is 3. The van der Waals surface area contributed by atoms with Crippen LogP contribution in [0.25, 0.3) is 0 Å². The number of carbonyl (C=O) groups excluding carboxylic acids is 1. The minimum absolute atomic E-state index is 0.0708. The molecular formula is C23H21N3O. The van der Waals surface area contributed by atoms with Gasteiger partial charge in [0.25, 0.3) is 0 Å². The molecule has 0 aliphatic rings. The molecule has 3 aromatic carbocycles. The zero-order chi connectivity index (χ0) is 19.1. The number of nitrogens with one attached hydrogen (secondary N) is 2. The first-order chi connectivity index (χ1) is 13.2. The molecule has 0 fully saturated rings. The molecule has 0 aliphatic heterocycles. The van der Waals surface area contributed by atoms with E-state index < -0.39 is 0 Å². The van der Waals surface area contributed by atoms with E-state index in [1.165, 1.54) is 5.56 Å². The van der Waals surface area contributed by atoms with Crippen LogP contribution in [0.4, 0.5) is 5.69 Å². The number of nitrogens with zero attached hydrogens (tertiary/aromatic N) is 1. The van der Waals surface area contributed by atoms with Crippen molar-refractivity contribution >= 4 is 11.6 Å². The summed E-state index contributed by atoms with van der Waals surface area (Å²) in [6.45, 7) is 2.23. The van der Waals surface area contributed by atoms with Gasteiger partial charge in [-0.2, -0.15) is 5.26 Å². The number of amides is 1. The van der Waals surface area contributed by atoms with Crippen LogP contribution < -0.4 is 10.6 Å². The zero-order valence-electron chi connectivity index (χ0n) is 15.1. The van der Waals surface area contributed by atoms with Crippen LogP contribution in [0.1, 0.15) is 28.3 Å². The summed E-state index contributed by atoms with van der Waals surface area (Å²) < 4.78 is 0. The Labute approximate surface area is 159 Å². The Kier molecular flexibility index (Phi) is 5.98. The van der Waals surface area contributed by atoms with Gasteiger partial charge in [-0.25, -0.2) is 0 Å². The van der Waals surface area contributed by atoms with Crippen molar-refractivity contribution in [1.82, 2.24) is 5.32 Å². The average Bonchev–Trinajstić information content (AvgIpc) is 2.71. The highest BCUT2D eigenvalue weighted by Gasteiger charge is 2.15. The monoisotopic (exact) mass is 355 g/mol. The SMILES string of the molecule is Cc1ccc([C@@H](NCC(=O)Nc2ccc(C#N)cc2)c2ccccc2)cc1. The molecule has 1 amide bonds. The molecule has 3 rings (SSSR count). The largest absolute Gasteiger partial charge is 0.325 e. The zero-order valence-corrected chi connectivity index (χ0v) is 15.1. The molecule has 27 heavy (non-hydrogen) atoms. The second-order valence-electron chi connectivity index (χ2n) is 6.37. The summed E-state index contributed by atoms with van der Waals surface area (Å²) in [5, 5.41) is 15.0. The molecule has 0 aliphatic carbocycles. The van der Waals surface area contributed by atoms with Crippen LogP contribution in [0.5, 0.6) is 0 Å². The van der Waals surface area contributed by atoms with Crippen molar-refractivity contribution in [2.75, 3.05) is 11.9 Å². The van der Waals surface area contributed by atoms with Gasteiger partial charge in [-0.3, -0.25) is 10.1 Å². The molecule has 0 bridgehead atoms. The molecular weight excluding hydrogens is 334 g/mol. The molecule has 0 unspecified atom stereocenters. The highest BCUT2D eigenvalue weighted by atomic mass is 16.1. The predicted molar refractivity (Wildman–Crippen MR) is 107 cm³/mol. The molecule has 0 radical (unpaired) electrons. The van der Waals surface area contributed by atoms with E-state index in [0.717, 1.165) is 11.1 Å². The Morgan fingerprint density at radius 1 is 0.926 bits per heavy atom. The van der Waals surface area contributed by atoms with E-state index in [1.54, 1.807) is 24.3 Å². The molecule has 0 saturated carbocycles. The summed E-state index contributed by atoms with van der Waals surface area (Å²) in [6, 6.07) is 27.2. The van der Waals surface area contributed by atoms with Crippen LogP contribution in [0.2, 0.25) is 0 Å². The van der Waals surface area contributed by atoms with Gasteiger partial charge in [-0.15, -0.1) is 0 Å². The minimum atomic E-state index is -0.132. The van der Waals surface area contributed by atoms with Crippen molar-refractivity contribution < 1.29 is 4.79 Å². The number of hydrogen-bond acceptors (Lipinski definition) is 3. The van der Waals surface area contributed by atoms with E-state index >= 15 is 0 Å². The number of anilines is 1. The summed E-state index contributed by atoms with van der Waals surface area (Å²) in [5.41, 5.74) is 4.65. The van der Waals surface area contributed by atoms with Gasteiger partial charge >= 0.3 is 0 Å². The summed E-state index contributed by atoms with van der Waals surface area (Å²) >= 11 is 0. The molecule has 0 spiro atoms. The van der Waals surface area contributed by atoms with Crippen molar-refractivity contribution in [1.29, 1.82) is 5.26 Å². The van der Waals surface area contributed by atoms with Crippen LogP contribution in [0.3, 0.4) is 0 Å². The van der Waals surface area contributed by atoms with Crippen molar-refractivity contribution in [3.8, 4) is 6.07 Å². The van der Waals surface area contributed by atoms with Crippen LogP contribution in [-0.4, -0.2) is 12.5 Å². The van der Waals surface area contributed by atoms with E-state index in [0.29, 0.717) is 11.3 Å². The van der Waals surface area contributed by atoms with E-state index in [4.69, 9.17) is 5.26 Å². The fourth-order valence-corrected chi connectivity index (χ4v) is 2.86. The van der Waals surface area contributed by atoms with Gasteiger partial charge in [0.05, 0.1) is 24.2 Å². The number of hydrogen-bond donors (Lipinski definition) is 2. The third kappa shape index (κ3) is 5.04. The van der Waals surface area contributed by atoms with Crippen LogP contribution in [0, 0.1) is 18.3 Å². The Bertz CT molecular complexity index is 926. The first-order valence-corrected chi connectivity index (χ1v) is 8.80. The van der Waals surface area contributed by atoms with Crippen molar-refractivity contribution in [3.05, 3.63) is 101 Å². The third-order valence-corrected chi connectivity index (χ3v) is 4.31. The molecule has 4 heteroatoms. The number of nitriles is 1. The average molecular weight is 355 g/mol. The third-order valence-electron chi connectivity index (χ3n) is 4.31. The number of rotatable bonds is 6. The van der Waals surface area contributed by atoms with Gasteiger partial charge in [0, 0.05) is 5.69 Å². The minimum Gasteiger partial charge on any atom is -0.325 e. The molecule has 134 valence electrons. The lowest BCUT2D eigenvalue weighted by Gasteiger charge is -2.20. The maximum Gasteiger partial charge on any atom is 0.238 e. The topological polar surface area (TPSA) is 64.9 Å². The summed E-state index contributed by atoms with van der Waals surface area (Å²) in [5.74, 6) is -0.132. The fraction of sp³-hybridized carbons (Fsp3) is 0.130. The molecule has 0 heterocycles. The highest BCUT2D eigenvalue weighted by molar-refractivity contribution is 5.92. The van der Waals surface area contributed by atoms with Gasteiger partial charge in [0.15, 0.2) is 0 Å².